The first-order chi connectivity index (χ1) is 27.6. The van der Waals surface area contributed by atoms with Gasteiger partial charge in [0, 0.05) is 12.8 Å². The molecule has 0 atom stereocenters. The van der Waals surface area contributed by atoms with Gasteiger partial charge in [0.1, 0.15) is 0 Å². The van der Waals surface area contributed by atoms with Crippen LogP contribution in [0.3, 0.4) is 0 Å². The highest BCUT2D eigenvalue weighted by Crippen LogP contribution is 2.17. The zero-order valence-corrected chi connectivity index (χ0v) is 39.0. The fraction of sp³-hybridized carbons (Fsp3) is 0.925. The summed E-state index contributed by atoms with van der Waals surface area (Å²) in [6, 6.07) is 0. The Morgan fingerprint density at radius 3 is 0.679 bits per heavy atom. The Hall–Kier alpha value is -1.12. The second-order valence-corrected chi connectivity index (χ2v) is 17.6. The molecule has 0 N–H and O–H groups in total. The summed E-state index contributed by atoms with van der Waals surface area (Å²) in [5, 5.41) is 0. The summed E-state index contributed by atoms with van der Waals surface area (Å²) in [4.78, 5) is 23.8. The monoisotopic (exact) mass is 789 g/mol. The predicted molar refractivity (Wildman–Crippen MR) is 251 cm³/mol. The van der Waals surface area contributed by atoms with Crippen molar-refractivity contribution in [1.82, 2.24) is 0 Å². The molecule has 0 aromatic heterocycles. The summed E-state index contributed by atoms with van der Waals surface area (Å²) in [7, 11) is 0. The molecule has 0 saturated carbocycles. The van der Waals surface area contributed by atoms with Gasteiger partial charge in [0.2, 0.25) is 0 Å². The van der Waals surface area contributed by atoms with Crippen LogP contribution in [0.5, 0.6) is 0 Å². The van der Waals surface area contributed by atoms with Crippen LogP contribution in [0, 0.1) is 0 Å². The lowest BCUT2D eigenvalue weighted by molar-refractivity contribution is -0.159. The van der Waals surface area contributed by atoms with Crippen molar-refractivity contribution in [3.8, 4) is 0 Å². The smallest absolute Gasteiger partial charge is 0.313 e. The van der Waals surface area contributed by atoms with Crippen molar-refractivity contribution in [2.75, 3.05) is 0 Å². The number of esters is 2. The van der Waals surface area contributed by atoms with Gasteiger partial charge in [0.15, 0.2) is 0 Å². The highest BCUT2D eigenvalue weighted by Gasteiger charge is 2.10. The molecule has 0 heterocycles. The molecule has 334 valence electrons. The zero-order valence-electron chi connectivity index (χ0n) is 39.0. The van der Waals surface area contributed by atoms with E-state index in [1.807, 2.05) is 6.08 Å². The molecule has 0 spiro atoms. The number of unbranched alkanes of at least 4 members (excludes halogenated alkanes) is 41. The van der Waals surface area contributed by atoms with Crippen LogP contribution in [-0.2, 0) is 14.3 Å². The molecule has 0 saturated heterocycles. The first-order valence-corrected chi connectivity index (χ1v) is 26.0. The van der Waals surface area contributed by atoms with Gasteiger partial charge in [-0.1, -0.05) is 284 Å². The number of carbonyl (C=O) groups is 2. The van der Waals surface area contributed by atoms with Gasteiger partial charge in [-0.3, -0.25) is 9.59 Å². The van der Waals surface area contributed by atoms with Crippen LogP contribution in [-0.4, -0.2) is 11.9 Å². The maximum absolute atomic E-state index is 11.9. The van der Waals surface area contributed by atoms with E-state index in [4.69, 9.17) is 4.74 Å². The fourth-order valence-electron chi connectivity index (χ4n) is 7.82. The van der Waals surface area contributed by atoms with E-state index in [0.717, 1.165) is 25.7 Å². The molecule has 0 rings (SSSR count). The van der Waals surface area contributed by atoms with Crippen LogP contribution in [0.2, 0.25) is 0 Å². The van der Waals surface area contributed by atoms with Crippen LogP contribution in [0.1, 0.15) is 316 Å². The number of allylic oxidation sites excluding steroid dienone is 1. The van der Waals surface area contributed by atoms with Crippen molar-refractivity contribution in [3.63, 3.8) is 0 Å². The molecule has 0 radical (unpaired) electrons. The van der Waals surface area contributed by atoms with Gasteiger partial charge < -0.3 is 4.74 Å². The summed E-state index contributed by atoms with van der Waals surface area (Å²) < 4.78 is 5.01. The molecular formula is C53H104O3. The van der Waals surface area contributed by atoms with Crippen LogP contribution in [0.4, 0.5) is 0 Å². The Kier molecular flexibility index (Phi) is 54.8. The standard InChI is InChI=1S/C36H70O3.C17H34/c1-3-5-7-9-11-13-15-17-19-21-23-25-27-29-31-33-35(37)39-36(38)34-32-30-28-26-24-22-20-18-16-14-12-10-8-6-4-2;1-3-5-7-9-11-13-15-17-16-14-12-10-8-6-4-2/h3-34H2,1-2H3;3H,1,4-17H2,2H3. The lowest BCUT2D eigenvalue weighted by atomic mass is 10.0. The molecule has 0 aliphatic heterocycles. The normalized spacial score (nSPS) is 11.1. The summed E-state index contributed by atoms with van der Waals surface area (Å²) in [6.45, 7) is 10.6. The van der Waals surface area contributed by atoms with E-state index < -0.39 is 0 Å². The lowest BCUT2D eigenvalue weighted by Gasteiger charge is -2.05. The molecule has 0 aromatic rings. The minimum atomic E-state index is -0.323. The summed E-state index contributed by atoms with van der Waals surface area (Å²) in [5.74, 6) is -0.647. The van der Waals surface area contributed by atoms with Gasteiger partial charge in [0.25, 0.3) is 0 Å². The largest absolute Gasteiger partial charge is 0.393 e. The third kappa shape index (κ3) is 55.0. The van der Waals surface area contributed by atoms with Crippen molar-refractivity contribution in [3.05, 3.63) is 12.7 Å². The molecule has 3 nitrogen and oxygen atoms in total. The Morgan fingerprint density at radius 2 is 0.482 bits per heavy atom. The van der Waals surface area contributed by atoms with Crippen LogP contribution in [0.15, 0.2) is 12.7 Å². The lowest BCUT2D eigenvalue weighted by Crippen LogP contribution is -2.11. The number of hydrogen-bond donors (Lipinski definition) is 0. The summed E-state index contributed by atoms with van der Waals surface area (Å²) in [5.41, 5.74) is 0. The SMILES string of the molecule is C=CCCCCCCCCCCCCCCC.CCCCCCCCCCCCCCCCCC(=O)OC(=O)CCCCCCCCCCCCCCCCC. The van der Waals surface area contributed by atoms with Crippen molar-refractivity contribution >= 4 is 11.9 Å². The van der Waals surface area contributed by atoms with Crippen LogP contribution < -0.4 is 0 Å². The Labute approximate surface area is 353 Å². The average Bonchev–Trinajstić information content (AvgIpc) is 3.20. The Morgan fingerprint density at radius 1 is 0.304 bits per heavy atom. The van der Waals surface area contributed by atoms with E-state index in [2.05, 4.69) is 27.4 Å². The van der Waals surface area contributed by atoms with Gasteiger partial charge in [-0.15, -0.1) is 6.58 Å². The highest BCUT2D eigenvalue weighted by atomic mass is 16.6. The van der Waals surface area contributed by atoms with E-state index in [9.17, 15) is 9.59 Å². The minimum absolute atomic E-state index is 0.323. The van der Waals surface area contributed by atoms with Gasteiger partial charge in [-0.2, -0.15) is 0 Å². The summed E-state index contributed by atoms with van der Waals surface area (Å²) in [6.07, 6.45) is 62.1. The number of ether oxygens (including phenoxy) is 1. The molecule has 0 fully saturated rings. The maximum atomic E-state index is 11.9. The average molecular weight is 789 g/mol. The third-order valence-corrected chi connectivity index (χ3v) is 11.7. The van der Waals surface area contributed by atoms with Gasteiger partial charge in [-0.05, 0) is 25.7 Å². The van der Waals surface area contributed by atoms with E-state index in [1.54, 1.807) is 0 Å². The maximum Gasteiger partial charge on any atom is 0.313 e. The van der Waals surface area contributed by atoms with E-state index >= 15 is 0 Å². The first kappa shape index (κ1) is 57.0. The first-order valence-electron chi connectivity index (χ1n) is 26.0. The Balaban J connectivity index is 0. The van der Waals surface area contributed by atoms with Crippen LogP contribution in [0.25, 0.3) is 0 Å². The molecule has 0 unspecified atom stereocenters. The number of rotatable bonds is 46. The van der Waals surface area contributed by atoms with E-state index in [0.29, 0.717) is 12.8 Å². The van der Waals surface area contributed by atoms with Gasteiger partial charge >= 0.3 is 11.9 Å². The van der Waals surface area contributed by atoms with Crippen molar-refractivity contribution in [2.45, 2.75) is 316 Å². The molecule has 56 heavy (non-hydrogen) atoms. The predicted octanol–water partition coefficient (Wildman–Crippen LogP) is 19.2. The Bertz CT molecular complexity index is 701. The van der Waals surface area contributed by atoms with Crippen LogP contribution >= 0.6 is 0 Å². The number of carbonyl (C=O) groups excluding carboxylic acids is 2. The third-order valence-electron chi connectivity index (χ3n) is 11.7. The summed E-state index contributed by atoms with van der Waals surface area (Å²) >= 11 is 0. The van der Waals surface area contributed by atoms with Crippen molar-refractivity contribution in [2.24, 2.45) is 0 Å². The van der Waals surface area contributed by atoms with Gasteiger partial charge in [0.05, 0.1) is 0 Å². The quantitative estimate of drug-likeness (QED) is 0.0267. The minimum Gasteiger partial charge on any atom is -0.393 e. The molecule has 0 bridgehead atoms. The zero-order chi connectivity index (χ0) is 41.1. The fourth-order valence-corrected chi connectivity index (χ4v) is 7.82. The van der Waals surface area contributed by atoms with Crippen molar-refractivity contribution < 1.29 is 14.3 Å². The van der Waals surface area contributed by atoms with E-state index in [1.165, 1.54) is 257 Å². The second kappa shape index (κ2) is 53.9. The van der Waals surface area contributed by atoms with Gasteiger partial charge in [-0.25, -0.2) is 0 Å². The molecule has 0 aliphatic rings. The number of hydrogen-bond acceptors (Lipinski definition) is 3. The molecule has 0 aromatic carbocycles. The second-order valence-electron chi connectivity index (χ2n) is 17.6. The molecule has 3 heteroatoms. The van der Waals surface area contributed by atoms with Crippen molar-refractivity contribution in [1.29, 1.82) is 0 Å². The molecule has 0 amide bonds. The highest BCUT2D eigenvalue weighted by molar-refractivity contribution is 5.85. The molecular weight excluding hydrogens is 685 g/mol. The topological polar surface area (TPSA) is 43.4 Å². The van der Waals surface area contributed by atoms with E-state index in [-0.39, 0.29) is 11.9 Å². The molecule has 0 aliphatic carbocycles.